The van der Waals surface area contributed by atoms with E-state index in [2.05, 4.69) is 0 Å². The molecule has 0 fully saturated rings. The molecule has 1 aliphatic rings. The van der Waals surface area contributed by atoms with Gasteiger partial charge in [0.1, 0.15) is 5.75 Å². The van der Waals surface area contributed by atoms with E-state index in [-0.39, 0.29) is 17.7 Å². The third-order valence-corrected chi connectivity index (χ3v) is 5.94. The number of hydrogen-bond donors (Lipinski definition) is 0. The molecule has 3 aromatic carbocycles. The molecule has 0 unspecified atom stereocenters. The fraction of sp³-hybridized carbons (Fsp3) is 0.222. The van der Waals surface area contributed by atoms with Crippen LogP contribution in [0, 0.1) is 0 Å². The van der Waals surface area contributed by atoms with Crippen LogP contribution in [0.5, 0.6) is 5.75 Å². The van der Waals surface area contributed by atoms with Crippen molar-refractivity contribution < 1.29 is 19.1 Å². The summed E-state index contributed by atoms with van der Waals surface area (Å²) in [7, 11) is 0. The second-order valence-corrected chi connectivity index (χ2v) is 8.34. The number of benzene rings is 3. The Labute approximate surface area is 203 Å². The number of unbranched alkanes of at least 4 members (excludes halogenated alkanes) is 1. The standard InChI is InChI=1S/C27H25ClN2O4/c1-2-34-22-15-9-19(10-16-22)25(31)29(21-13-11-20(28)12-14-21)17-5-6-18-30-26(32)23-7-3-4-8-24(23)27(30)33/h3-4,7-16H,2,5-6,17-18H2,1H3. The largest absolute Gasteiger partial charge is 0.494 e. The lowest BCUT2D eigenvalue weighted by molar-refractivity contribution is 0.0651. The summed E-state index contributed by atoms with van der Waals surface area (Å²) >= 11 is 6.04. The van der Waals surface area contributed by atoms with Crippen LogP contribution >= 0.6 is 11.6 Å². The van der Waals surface area contributed by atoms with Crippen molar-refractivity contribution in [3.8, 4) is 5.75 Å². The van der Waals surface area contributed by atoms with E-state index in [1.807, 2.05) is 6.92 Å². The normalized spacial score (nSPS) is 12.6. The topological polar surface area (TPSA) is 66.9 Å². The molecule has 0 aromatic heterocycles. The Morgan fingerprint density at radius 2 is 1.50 bits per heavy atom. The Morgan fingerprint density at radius 1 is 0.882 bits per heavy atom. The van der Waals surface area contributed by atoms with Gasteiger partial charge < -0.3 is 9.64 Å². The van der Waals surface area contributed by atoms with Crippen LogP contribution < -0.4 is 9.64 Å². The number of anilines is 1. The van der Waals surface area contributed by atoms with Gasteiger partial charge in [-0.05, 0) is 80.4 Å². The van der Waals surface area contributed by atoms with Gasteiger partial charge in [0, 0.05) is 29.4 Å². The van der Waals surface area contributed by atoms with Gasteiger partial charge in [-0.15, -0.1) is 0 Å². The van der Waals surface area contributed by atoms with Gasteiger partial charge in [0.25, 0.3) is 17.7 Å². The second-order valence-electron chi connectivity index (χ2n) is 7.91. The van der Waals surface area contributed by atoms with Crippen molar-refractivity contribution in [1.82, 2.24) is 4.90 Å². The first-order valence-corrected chi connectivity index (χ1v) is 11.6. The molecule has 1 heterocycles. The Kier molecular flexibility index (Phi) is 7.28. The van der Waals surface area contributed by atoms with Crippen molar-refractivity contribution in [3.63, 3.8) is 0 Å². The van der Waals surface area contributed by atoms with Crippen molar-refractivity contribution in [2.75, 3.05) is 24.6 Å². The molecule has 0 spiro atoms. The summed E-state index contributed by atoms with van der Waals surface area (Å²) in [5.74, 6) is 0.0328. The van der Waals surface area contributed by atoms with E-state index in [1.165, 1.54) is 4.90 Å². The first-order chi connectivity index (χ1) is 16.5. The van der Waals surface area contributed by atoms with E-state index in [0.717, 1.165) is 5.69 Å². The lowest BCUT2D eigenvalue weighted by Gasteiger charge is -2.24. The molecule has 1 aliphatic heterocycles. The van der Waals surface area contributed by atoms with Crippen LogP contribution in [0.4, 0.5) is 5.69 Å². The third-order valence-electron chi connectivity index (χ3n) is 5.69. The molecular weight excluding hydrogens is 452 g/mol. The highest BCUT2D eigenvalue weighted by Crippen LogP contribution is 2.24. The van der Waals surface area contributed by atoms with Crippen LogP contribution in [0.2, 0.25) is 5.02 Å². The number of halogens is 1. The highest BCUT2D eigenvalue weighted by molar-refractivity contribution is 6.30. The minimum atomic E-state index is -0.263. The third kappa shape index (κ3) is 4.97. The number of ether oxygens (including phenoxy) is 1. The van der Waals surface area contributed by atoms with Gasteiger partial charge in [0.05, 0.1) is 17.7 Å². The zero-order valence-electron chi connectivity index (χ0n) is 18.9. The molecule has 4 rings (SSSR count). The zero-order chi connectivity index (χ0) is 24.1. The molecule has 0 radical (unpaired) electrons. The van der Waals surface area contributed by atoms with Gasteiger partial charge in [0.15, 0.2) is 0 Å². The molecule has 0 atom stereocenters. The Hall–Kier alpha value is -3.64. The van der Waals surface area contributed by atoms with E-state index in [1.54, 1.807) is 77.7 Å². The summed E-state index contributed by atoms with van der Waals surface area (Å²) in [5.41, 5.74) is 2.16. The number of nitrogens with zero attached hydrogens (tertiary/aromatic N) is 2. The predicted octanol–water partition coefficient (Wildman–Crippen LogP) is 5.46. The lowest BCUT2D eigenvalue weighted by Crippen LogP contribution is -2.34. The van der Waals surface area contributed by atoms with Crippen LogP contribution in [0.1, 0.15) is 50.8 Å². The molecule has 0 saturated carbocycles. The van der Waals surface area contributed by atoms with Crippen molar-refractivity contribution in [2.24, 2.45) is 0 Å². The van der Waals surface area contributed by atoms with Crippen molar-refractivity contribution in [2.45, 2.75) is 19.8 Å². The zero-order valence-corrected chi connectivity index (χ0v) is 19.6. The van der Waals surface area contributed by atoms with Crippen LogP contribution in [-0.2, 0) is 0 Å². The summed E-state index contributed by atoms with van der Waals surface area (Å²) < 4.78 is 5.47. The Balaban J connectivity index is 1.43. The van der Waals surface area contributed by atoms with E-state index in [9.17, 15) is 14.4 Å². The molecule has 174 valence electrons. The van der Waals surface area contributed by atoms with Crippen molar-refractivity contribution in [3.05, 3.63) is 94.5 Å². The molecule has 0 aliphatic carbocycles. The van der Waals surface area contributed by atoms with Crippen LogP contribution in [-0.4, -0.2) is 42.3 Å². The molecule has 34 heavy (non-hydrogen) atoms. The van der Waals surface area contributed by atoms with Crippen molar-refractivity contribution >= 4 is 35.0 Å². The predicted molar refractivity (Wildman–Crippen MR) is 132 cm³/mol. The number of imide groups is 1. The highest BCUT2D eigenvalue weighted by atomic mass is 35.5. The van der Waals surface area contributed by atoms with Gasteiger partial charge in [-0.25, -0.2) is 0 Å². The molecule has 3 amide bonds. The fourth-order valence-electron chi connectivity index (χ4n) is 3.97. The number of carbonyl (C=O) groups is 3. The number of hydrogen-bond acceptors (Lipinski definition) is 4. The maximum absolute atomic E-state index is 13.3. The average Bonchev–Trinajstić information content (AvgIpc) is 3.10. The number of rotatable bonds is 9. The summed E-state index contributed by atoms with van der Waals surface area (Å²) in [5, 5.41) is 0.586. The molecule has 0 N–H and O–H groups in total. The summed E-state index contributed by atoms with van der Waals surface area (Å²) in [4.78, 5) is 41.5. The SMILES string of the molecule is CCOc1ccc(C(=O)N(CCCCN2C(=O)c3ccccc3C2=O)c2ccc(Cl)cc2)cc1. The smallest absolute Gasteiger partial charge is 0.261 e. The maximum atomic E-state index is 13.3. The molecule has 6 nitrogen and oxygen atoms in total. The van der Waals surface area contributed by atoms with Gasteiger partial charge in [0.2, 0.25) is 0 Å². The fourth-order valence-corrected chi connectivity index (χ4v) is 4.09. The van der Waals surface area contributed by atoms with Gasteiger partial charge >= 0.3 is 0 Å². The average molecular weight is 477 g/mol. The number of amides is 3. The van der Waals surface area contributed by atoms with Crippen LogP contribution in [0.25, 0.3) is 0 Å². The minimum Gasteiger partial charge on any atom is -0.494 e. The van der Waals surface area contributed by atoms with Gasteiger partial charge in [-0.1, -0.05) is 23.7 Å². The Bertz CT molecular complexity index is 1160. The lowest BCUT2D eigenvalue weighted by atomic mass is 10.1. The summed E-state index contributed by atoms with van der Waals surface area (Å²) in [6, 6.07) is 21.0. The highest BCUT2D eigenvalue weighted by Gasteiger charge is 2.34. The van der Waals surface area contributed by atoms with E-state index >= 15 is 0 Å². The molecule has 0 saturated heterocycles. The van der Waals surface area contributed by atoms with Gasteiger partial charge in [-0.3, -0.25) is 19.3 Å². The van der Waals surface area contributed by atoms with Crippen LogP contribution in [0.15, 0.2) is 72.8 Å². The first-order valence-electron chi connectivity index (χ1n) is 11.2. The maximum Gasteiger partial charge on any atom is 0.261 e. The van der Waals surface area contributed by atoms with E-state index in [0.29, 0.717) is 60.0 Å². The summed E-state index contributed by atoms with van der Waals surface area (Å²) in [6.07, 6.45) is 1.19. The second kappa shape index (κ2) is 10.5. The minimum absolute atomic E-state index is 0.147. The quantitative estimate of drug-likeness (QED) is 0.304. The molecular formula is C27H25ClN2O4. The molecule has 3 aromatic rings. The van der Waals surface area contributed by atoms with E-state index < -0.39 is 0 Å². The number of carbonyl (C=O) groups excluding carboxylic acids is 3. The van der Waals surface area contributed by atoms with Crippen molar-refractivity contribution in [1.29, 1.82) is 0 Å². The molecule has 7 heteroatoms. The Morgan fingerprint density at radius 3 is 2.09 bits per heavy atom. The van der Waals surface area contributed by atoms with Gasteiger partial charge in [-0.2, -0.15) is 0 Å². The first kappa shape index (κ1) is 23.5. The number of fused-ring (bicyclic) bond motifs is 1. The monoisotopic (exact) mass is 476 g/mol. The summed E-state index contributed by atoms with van der Waals surface area (Å²) in [6.45, 7) is 3.19. The van der Waals surface area contributed by atoms with E-state index in [4.69, 9.17) is 16.3 Å². The van der Waals surface area contributed by atoms with Crippen LogP contribution in [0.3, 0.4) is 0 Å². The molecule has 0 bridgehead atoms.